The van der Waals surface area contributed by atoms with Crippen molar-refractivity contribution in [1.82, 2.24) is 10.2 Å². The number of nitro groups is 1. The standard InChI is InChI=1S/C23H22ClN3O6S/c1-23(13-24)19(22(30)33-12-15-7-9-16(10-8-15)27(31)32)26-20(29)18(21(26)34-23)25-17(28)11-14-5-3-2-4-6-14/h2-10,18-19,21H,11-13H2,1H3,(H,25,28)/t18-,19+,21+,23+/m1/s1. The minimum Gasteiger partial charge on any atom is -0.459 e. The van der Waals surface area contributed by atoms with Crippen LogP contribution in [-0.4, -0.2) is 55.7 Å². The van der Waals surface area contributed by atoms with Gasteiger partial charge >= 0.3 is 5.97 Å². The Morgan fingerprint density at radius 2 is 1.85 bits per heavy atom. The van der Waals surface area contributed by atoms with Gasteiger partial charge in [-0.3, -0.25) is 19.7 Å². The molecule has 0 radical (unpaired) electrons. The van der Waals surface area contributed by atoms with E-state index in [-0.39, 0.29) is 36.4 Å². The summed E-state index contributed by atoms with van der Waals surface area (Å²) >= 11 is 7.57. The number of non-ortho nitro benzene ring substituents is 1. The van der Waals surface area contributed by atoms with E-state index in [1.54, 1.807) is 6.92 Å². The Bertz CT molecular complexity index is 1120. The van der Waals surface area contributed by atoms with E-state index in [0.29, 0.717) is 5.56 Å². The summed E-state index contributed by atoms with van der Waals surface area (Å²) in [5, 5.41) is 13.1. The number of halogens is 1. The second-order valence-electron chi connectivity index (χ2n) is 8.34. The van der Waals surface area contributed by atoms with Gasteiger partial charge in [0.2, 0.25) is 11.8 Å². The summed E-state index contributed by atoms with van der Waals surface area (Å²) < 4.78 is 4.65. The van der Waals surface area contributed by atoms with Crippen molar-refractivity contribution in [2.24, 2.45) is 0 Å². The molecule has 178 valence electrons. The van der Waals surface area contributed by atoms with Crippen LogP contribution in [0.4, 0.5) is 5.69 Å². The topological polar surface area (TPSA) is 119 Å². The zero-order valence-electron chi connectivity index (χ0n) is 18.2. The molecule has 11 heteroatoms. The first-order valence-corrected chi connectivity index (χ1v) is 11.9. The van der Waals surface area contributed by atoms with Gasteiger partial charge in [-0.1, -0.05) is 30.3 Å². The van der Waals surface area contributed by atoms with E-state index in [1.165, 1.54) is 40.9 Å². The molecule has 0 aromatic heterocycles. The zero-order valence-corrected chi connectivity index (χ0v) is 19.8. The fourth-order valence-corrected chi connectivity index (χ4v) is 6.02. The molecule has 2 aliphatic heterocycles. The Balaban J connectivity index is 1.40. The SMILES string of the molecule is C[C@@]1(CCl)S[C@H]2[C@H](NC(=O)Cc3ccccc3)C(=O)N2[C@H]1C(=O)OCc1ccc([N+](=O)[O-])cc1. The smallest absolute Gasteiger partial charge is 0.330 e. The summed E-state index contributed by atoms with van der Waals surface area (Å²) in [6.45, 7) is 1.69. The molecule has 2 aromatic carbocycles. The zero-order chi connectivity index (χ0) is 24.5. The molecule has 2 fully saturated rings. The molecule has 2 aliphatic rings. The van der Waals surface area contributed by atoms with Crippen molar-refractivity contribution in [2.75, 3.05) is 5.88 Å². The molecule has 2 heterocycles. The van der Waals surface area contributed by atoms with Crippen LogP contribution in [0.1, 0.15) is 18.1 Å². The third-order valence-corrected chi connectivity index (χ3v) is 8.23. The Hall–Kier alpha value is -3.11. The molecule has 4 atom stereocenters. The third kappa shape index (κ3) is 4.60. The number of hydrogen-bond acceptors (Lipinski definition) is 7. The van der Waals surface area contributed by atoms with Gasteiger partial charge < -0.3 is 15.0 Å². The van der Waals surface area contributed by atoms with Crippen molar-refractivity contribution in [2.45, 2.75) is 42.2 Å². The number of thioether (sulfide) groups is 1. The average molecular weight is 504 g/mol. The first kappa shape index (κ1) is 24.0. The normalized spacial score (nSPS) is 25.3. The highest BCUT2D eigenvalue weighted by atomic mass is 35.5. The Morgan fingerprint density at radius 1 is 1.18 bits per heavy atom. The molecule has 34 heavy (non-hydrogen) atoms. The first-order chi connectivity index (χ1) is 16.2. The van der Waals surface area contributed by atoms with Crippen molar-refractivity contribution < 1.29 is 24.0 Å². The summed E-state index contributed by atoms with van der Waals surface area (Å²) in [4.78, 5) is 50.1. The largest absolute Gasteiger partial charge is 0.459 e. The number of ether oxygens (including phenoxy) is 1. The summed E-state index contributed by atoms with van der Waals surface area (Å²) in [5.41, 5.74) is 1.35. The lowest BCUT2D eigenvalue weighted by Gasteiger charge is -2.44. The number of esters is 1. The number of nitro benzene ring substituents is 1. The van der Waals surface area contributed by atoms with E-state index in [2.05, 4.69) is 5.32 Å². The molecular weight excluding hydrogens is 482 g/mol. The van der Waals surface area contributed by atoms with Crippen molar-refractivity contribution in [3.05, 3.63) is 75.8 Å². The quantitative estimate of drug-likeness (QED) is 0.193. The maximum absolute atomic E-state index is 13.0. The van der Waals surface area contributed by atoms with Crippen LogP contribution in [0, 0.1) is 10.1 Å². The van der Waals surface area contributed by atoms with Gasteiger partial charge in [-0.15, -0.1) is 23.4 Å². The van der Waals surface area contributed by atoms with Crippen LogP contribution in [0.5, 0.6) is 0 Å². The van der Waals surface area contributed by atoms with Crippen LogP contribution < -0.4 is 5.32 Å². The molecule has 9 nitrogen and oxygen atoms in total. The van der Waals surface area contributed by atoms with Crippen molar-refractivity contribution >= 4 is 46.8 Å². The highest BCUT2D eigenvalue weighted by molar-refractivity contribution is 8.01. The highest BCUT2D eigenvalue weighted by Crippen LogP contribution is 2.51. The predicted molar refractivity (Wildman–Crippen MR) is 126 cm³/mol. The van der Waals surface area contributed by atoms with Gasteiger partial charge in [0, 0.05) is 18.0 Å². The molecule has 1 N–H and O–H groups in total. The Labute approximate surface area is 204 Å². The molecule has 4 rings (SSSR count). The van der Waals surface area contributed by atoms with Crippen LogP contribution in [0.3, 0.4) is 0 Å². The van der Waals surface area contributed by atoms with Gasteiger partial charge in [0.05, 0.1) is 16.1 Å². The monoisotopic (exact) mass is 503 g/mol. The number of carbonyl (C=O) groups is 3. The fraction of sp³-hybridized carbons (Fsp3) is 0.348. The molecule has 0 aliphatic carbocycles. The second-order valence-corrected chi connectivity index (χ2v) is 10.3. The van der Waals surface area contributed by atoms with Crippen LogP contribution in [-0.2, 0) is 32.1 Å². The number of nitrogens with zero attached hydrogens (tertiary/aromatic N) is 2. The fourth-order valence-electron chi connectivity index (χ4n) is 4.07. The lowest BCUT2D eigenvalue weighted by molar-refractivity contribution is -0.384. The van der Waals surface area contributed by atoms with Crippen LogP contribution in [0.25, 0.3) is 0 Å². The maximum Gasteiger partial charge on any atom is 0.330 e. The highest BCUT2D eigenvalue weighted by Gasteiger charge is 2.65. The van der Waals surface area contributed by atoms with Gasteiger partial charge in [0.1, 0.15) is 24.1 Å². The summed E-state index contributed by atoms with van der Waals surface area (Å²) in [6, 6.07) is 13.2. The summed E-state index contributed by atoms with van der Waals surface area (Å²) in [6.07, 6.45) is 0.148. The number of amides is 2. The van der Waals surface area contributed by atoms with Crippen LogP contribution in [0.15, 0.2) is 54.6 Å². The molecule has 2 saturated heterocycles. The molecule has 0 spiro atoms. The number of β-lactam (4-membered cyclic amide) rings is 1. The summed E-state index contributed by atoms with van der Waals surface area (Å²) in [5.74, 6) is -1.15. The second kappa shape index (κ2) is 9.63. The lowest BCUT2D eigenvalue weighted by Crippen LogP contribution is -2.71. The average Bonchev–Trinajstić information content (AvgIpc) is 3.12. The van der Waals surface area contributed by atoms with Crippen molar-refractivity contribution in [3.63, 3.8) is 0 Å². The number of hydrogen-bond donors (Lipinski definition) is 1. The third-order valence-electron chi connectivity index (χ3n) is 5.87. The van der Waals surface area contributed by atoms with Gasteiger partial charge in [0.15, 0.2) is 0 Å². The first-order valence-electron chi connectivity index (χ1n) is 10.5. The van der Waals surface area contributed by atoms with Gasteiger partial charge in [-0.05, 0) is 30.2 Å². The lowest BCUT2D eigenvalue weighted by atomic mass is 9.95. The van der Waals surface area contributed by atoms with Crippen LogP contribution in [0.2, 0.25) is 0 Å². The number of carbonyl (C=O) groups excluding carboxylic acids is 3. The Morgan fingerprint density at radius 3 is 2.47 bits per heavy atom. The van der Waals surface area contributed by atoms with E-state index in [0.717, 1.165) is 5.56 Å². The van der Waals surface area contributed by atoms with E-state index in [9.17, 15) is 24.5 Å². The predicted octanol–water partition coefficient (Wildman–Crippen LogP) is 2.65. The molecule has 0 saturated carbocycles. The number of rotatable bonds is 8. The molecule has 0 unspecified atom stereocenters. The minimum atomic E-state index is -0.909. The number of alkyl halides is 1. The van der Waals surface area contributed by atoms with Crippen molar-refractivity contribution in [3.8, 4) is 0 Å². The van der Waals surface area contributed by atoms with E-state index >= 15 is 0 Å². The number of fused-ring (bicyclic) bond motifs is 1. The van der Waals surface area contributed by atoms with E-state index in [1.807, 2.05) is 30.3 Å². The minimum absolute atomic E-state index is 0.0636. The Kier molecular flexibility index (Phi) is 6.81. The van der Waals surface area contributed by atoms with Gasteiger partial charge in [-0.25, -0.2) is 4.79 Å². The molecule has 2 amide bonds. The van der Waals surface area contributed by atoms with E-state index in [4.69, 9.17) is 16.3 Å². The van der Waals surface area contributed by atoms with Crippen molar-refractivity contribution in [1.29, 1.82) is 0 Å². The summed E-state index contributed by atoms with van der Waals surface area (Å²) in [7, 11) is 0. The molecular formula is C23H22ClN3O6S. The number of nitrogens with one attached hydrogen (secondary N) is 1. The van der Waals surface area contributed by atoms with Crippen LogP contribution >= 0.6 is 23.4 Å². The van der Waals surface area contributed by atoms with Gasteiger partial charge in [0.25, 0.3) is 5.69 Å². The molecule has 0 bridgehead atoms. The van der Waals surface area contributed by atoms with Gasteiger partial charge in [-0.2, -0.15) is 0 Å². The maximum atomic E-state index is 13.0. The molecule has 2 aromatic rings. The van der Waals surface area contributed by atoms with E-state index < -0.39 is 33.1 Å². The number of benzene rings is 2.